The zero-order chi connectivity index (χ0) is 23.7. The summed E-state index contributed by atoms with van der Waals surface area (Å²) in [5, 5.41) is 0. The second-order valence-electron chi connectivity index (χ2n) is 12.9. The van der Waals surface area contributed by atoms with E-state index in [4.69, 9.17) is 0 Å². The number of rotatable bonds is 3. The molecule has 1 saturated heterocycles. The highest BCUT2D eigenvalue weighted by molar-refractivity contribution is 5.78. The van der Waals surface area contributed by atoms with Gasteiger partial charge < -0.3 is 9.80 Å². The van der Waals surface area contributed by atoms with Crippen LogP contribution in [0.1, 0.15) is 70.8 Å². The standard InChI is InChI=1S/C31H44N2O/c1-21-26-12-13-28-25-11-10-23-19-24(33(4)29(34)18-22-8-6-5-7-9-22)14-16-30(23,2)27(25)15-17-31(26,28)20-32(21)3/h5-10,21,24-28H,11-20H2,1-4H3. The Kier molecular flexibility index (Phi) is 5.52. The van der Waals surface area contributed by atoms with E-state index in [0.717, 1.165) is 48.1 Å². The minimum Gasteiger partial charge on any atom is -0.342 e. The Morgan fingerprint density at radius 2 is 1.82 bits per heavy atom. The van der Waals surface area contributed by atoms with E-state index >= 15 is 0 Å². The number of hydrogen-bond donors (Lipinski definition) is 0. The van der Waals surface area contributed by atoms with Crippen LogP contribution >= 0.6 is 0 Å². The van der Waals surface area contributed by atoms with E-state index in [0.29, 0.717) is 23.3 Å². The number of likely N-dealkylation sites (tertiary alicyclic amines) is 1. The molecular formula is C31H44N2O. The molecular weight excluding hydrogens is 416 g/mol. The number of fused-ring (bicyclic) bond motifs is 4. The van der Waals surface area contributed by atoms with Crippen molar-refractivity contribution in [3.05, 3.63) is 47.5 Å². The Morgan fingerprint density at radius 3 is 2.62 bits per heavy atom. The van der Waals surface area contributed by atoms with Crippen LogP contribution in [0.2, 0.25) is 0 Å². The number of carbonyl (C=O) groups excluding carboxylic acids is 1. The first-order valence-electron chi connectivity index (χ1n) is 14.0. The Bertz CT molecular complexity index is 971. The maximum absolute atomic E-state index is 13.1. The molecule has 0 N–H and O–H groups in total. The van der Waals surface area contributed by atoms with Crippen molar-refractivity contribution in [2.24, 2.45) is 34.5 Å². The molecule has 8 unspecified atom stereocenters. The van der Waals surface area contributed by atoms with Gasteiger partial charge in [-0.1, -0.05) is 48.9 Å². The molecule has 6 rings (SSSR count). The van der Waals surface area contributed by atoms with Gasteiger partial charge in [0.15, 0.2) is 0 Å². The predicted molar refractivity (Wildman–Crippen MR) is 138 cm³/mol. The molecule has 184 valence electrons. The lowest BCUT2D eigenvalue weighted by molar-refractivity contribution is -0.132. The van der Waals surface area contributed by atoms with Crippen LogP contribution in [0.5, 0.6) is 0 Å². The van der Waals surface area contributed by atoms with Gasteiger partial charge in [-0.05, 0) is 105 Å². The van der Waals surface area contributed by atoms with E-state index in [2.05, 4.69) is 48.9 Å². The molecule has 34 heavy (non-hydrogen) atoms. The molecule has 4 aliphatic carbocycles. The summed E-state index contributed by atoms with van der Waals surface area (Å²) >= 11 is 0. The fraction of sp³-hybridized carbons (Fsp3) is 0.710. The van der Waals surface area contributed by atoms with Gasteiger partial charge in [-0.25, -0.2) is 0 Å². The van der Waals surface area contributed by atoms with Crippen molar-refractivity contribution < 1.29 is 4.79 Å². The fourth-order valence-electron chi connectivity index (χ4n) is 9.87. The van der Waals surface area contributed by atoms with Crippen LogP contribution in [0.15, 0.2) is 42.0 Å². The largest absolute Gasteiger partial charge is 0.342 e. The maximum Gasteiger partial charge on any atom is 0.226 e. The van der Waals surface area contributed by atoms with Gasteiger partial charge in [-0.15, -0.1) is 0 Å². The van der Waals surface area contributed by atoms with Crippen molar-refractivity contribution in [1.82, 2.24) is 9.80 Å². The lowest BCUT2D eigenvalue weighted by Crippen LogP contribution is -2.53. The third kappa shape index (κ3) is 3.29. The Morgan fingerprint density at radius 1 is 1.06 bits per heavy atom. The summed E-state index contributed by atoms with van der Waals surface area (Å²) in [6.07, 6.45) is 13.8. The van der Waals surface area contributed by atoms with Gasteiger partial charge in [0.05, 0.1) is 6.42 Å². The molecule has 1 aromatic carbocycles. The zero-order valence-corrected chi connectivity index (χ0v) is 21.8. The van der Waals surface area contributed by atoms with Crippen molar-refractivity contribution in [2.45, 2.75) is 83.7 Å². The minimum absolute atomic E-state index is 0.269. The first-order chi connectivity index (χ1) is 16.3. The predicted octanol–water partition coefficient (Wildman–Crippen LogP) is 5.95. The van der Waals surface area contributed by atoms with Crippen LogP contribution in [-0.2, 0) is 11.2 Å². The number of allylic oxidation sites excluding steroid dienone is 1. The smallest absolute Gasteiger partial charge is 0.226 e. The summed E-state index contributed by atoms with van der Waals surface area (Å²) in [5.41, 5.74) is 3.78. The summed E-state index contributed by atoms with van der Waals surface area (Å²) in [4.78, 5) is 17.8. The van der Waals surface area contributed by atoms with Gasteiger partial charge in [-0.2, -0.15) is 0 Å². The number of likely N-dealkylation sites (N-methyl/N-ethyl adjacent to an activating group) is 1. The molecule has 0 aromatic heterocycles. The van der Waals surface area contributed by atoms with Crippen LogP contribution in [0, 0.1) is 34.5 Å². The maximum atomic E-state index is 13.1. The molecule has 3 heteroatoms. The molecule has 3 saturated carbocycles. The summed E-state index contributed by atoms with van der Waals surface area (Å²) in [7, 11) is 4.42. The Hall–Kier alpha value is -1.61. The number of benzene rings is 1. The van der Waals surface area contributed by atoms with Crippen molar-refractivity contribution in [3.63, 3.8) is 0 Å². The molecule has 0 bridgehead atoms. The average molecular weight is 461 g/mol. The van der Waals surface area contributed by atoms with E-state index in [1.807, 2.05) is 25.2 Å². The third-order valence-electron chi connectivity index (χ3n) is 11.8. The Labute approximate surface area is 207 Å². The van der Waals surface area contributed by atoms with Crippen molar-refractivity contribution >= 4 is 5.91 Å². The molecule has 8 atom stereocenters. The second-order valence-corrected chi connectivity index (χ2v) is 12.9. The monoisotopic (exact) mass is 460 g/mol. The van der Waals surface area contributed by atoms with Crippen LogP contribution in [-0.4, -0.2) is 48.4 Å². The molecule has 1 heterocycles. The highest BCUT2D eigenvalue weighted by Crippen LogP contribution is 2.68. The normalized spacial score (nSPS) is 43.4. The highest BCUT2D eigenvalue weighted by atomic mass is 16.2. The lowest BCUT2D eigenvalue weighted by atomic mass is 9.47. The van der Waals surface area contributed by atoms with Crippen molar-refractivity contribution in [1.29, 1.82) is 0 Å². The molecule has 0 radical (unpaired) electrons. The molecule has 5 aliphatic rings. The van der Waals surface area contributed by atoms with E-state index in [1.165, 1.54) is 45.1 Å². The molecule has 4 fully saturated rings. The van der Waals surface area contributed by atoms with Gasteiger partial charge in [0.1, 0.15) is 0 Å². The number of hydrogen-bond acceptors (Lipinski definition) is 2. The van der Waals surface area contributed by atoms with Gasteiger partial charge >= 0.3 is 0 Å². The molecule has 1 aromatic rings. The van der Waals surface area contributed by atoms with Crippen LogP contribution in [0.4, 0.5) is 0 Å². The SMILES string of the molecule is CC1C2CCC3C4CC=C5CC(N(C)C(=O)Cc6ccccc6)CCC5(C)C4CCC32CN1C. The van der Waals surface area contributed by atoms with E-state index < -0.39 is 0 Å². The number of amides is 1. The van der Waals surface area contributed by atoms with Gasteiger partial charge in [-0.3, -0.25) is 4.79 Å². The van der Waals surface area contributed by atoms with E-state index in [9.17, 15) is 4.79 Å². The Balaban J connectivity index is 1.18. The number of nitrogens with zero attached hydrogens (tertiary/aromatic N) is 2. The van der Waals surface area contributed by atoms with E-state index in [1.54, 1.807) is 5.57 Å². The summed E-state index contributed by atoms with van der Waals surface area (Å²) < 4.78 is 0. The van der Waals surface area contributed by atoms with Crippen molar-refractivity contribution in [3.8, 4) is 0 Å². The topological polar surface area (TPSA) is 23.6 Å². The average Bonchev–Trinajstić information content (AvgIpc) is 3.32. The molecule has 1 aliphatic heterocycles. The summed E-state index contributed by atoms with van der Waals surface area (Å²) in [6, 6.07) is 11.4. The summed E-state index contributed by atoms with van der Waals surface area (Å²) in [6.45, 7) is 6.44. The van der Waals surface area contributed by atoms with Crippen LogP contribution in [0.3, 0.4) is 0 Å². The van der Waals surface area contributed by atoms with Crippen LogP contribution < -0.4 is 0 Å². The first-order valence-corrected chi connectivity index (χ1v) is 14.0. The number of carbonyl (C=O) groups is 1. The lowest BCUT2D eigenvalue weighted by Gasteiger charge is -2.58. The van der Waals surface area contributed by atoms with Gasteiger partial charge in [0.25, 0.3) is 0 Å². The van der Waals surface area contributed by atoms with Gasteiger partial charge in [0, 0.05) is 25.7 Å². The molecule has 3 nitrogen and oxygen atoms in total. The molecule has 1 spiro atoms. The fourth-order valence-corrected chi connectivity index (χ4v) is 9.87. The first kappa shape index (κ1) is 22.8. The van der Waals surface area contributed by atoms with E-state index in [-0.39, 0.29) is 5.91 Å². The molecule has 1 amide bonds. The second kappa shape index (κ2) is 8.22. The quantitative estimate of drug-likeness (QED) is 0.521. The van der Waals surface area contributed by atoms with Crippen molar-refractivity contribution in [2.75, 3.05) is 20.6 Å². The highest BCUT2D eigenvalue weighted by Gasteiger charge is 2.64. The van der Waals surface area contributed by atoms with Gasteiger partial charge in [0.2, 0.25) is 5.91 Å². The third-order valence-corrected chi connectivity index (χ3v) is 11.8. The summed E-state index contributed by atoms with van der Waals surface area (Å²) in [5.74, 6) is 3.88. The zero-order valence-electron chi connectivity index (χ0n) is 21.8. The minimum atomic E-state index is 0.269. The van der Waals surface area contributed by atoms with Crippen LogP contribution in [0.25, 0.3) is 0 Å².